The predicted octanol–water partition coefficient (Wildman–Crippen LogP) is 2.66. The van der Waals surface area contributed by atoms with E-state index in [1.807, 2.05) is 4.90 Å². The maximum atomic E-state index is 12.8. The summed E-state index contributed by atoms with van der Waals surface area (Å²) in [7, 11) is -4.01. The van der Waals surface area contributed by atoms with Gasteiger partial charge >= 0.3 is 6.18 Å². The molecule has 0 amide bonds. The van der Waals surface area contributed by atoms with Gasteiger partial charge in [-0.25, -0.2) is 13.4 Å². The second-order valence-electron chi connectivity index (χ2n) is 5.62. The molecular weight excluding hydrogens is 393 g/mol. The second kappa shape index (κ2) is 7.01. The number of rotatable bonds is 3. The van der Waals surface area contributed by atoms with Gasteiger partial charge in [-0.15, -0.1) is 0 Å². The van der Waals surface area contributed by atoms with E-state index >= 15 is 0 Å². The molecule has 6 nitrogen and oxygen atoms in total. The van der Waals surface area contributed by atoms with Crippen molar-refractivity contribution in [3.8, 4) is 0 Å². The van der Waals surface area contributed by atoms with Gasteiger partial charge in [0, 0.05) is 26.2 Å². The summed E-state index contributed by atoms with van der Waals surface area (Å²) in [6, 6.07) is 3.76. The predicted molar refractivity (Wildman–Crippen MR) is 89.5 cm³/mol. The molecular formula is C15H14ClF3N4O2S. The van der Waals surface area contributed by atoms with Crippen molar-refractivity contribution < 1.29 is 21.6 Å². The molecule has 1 aromatic heterocycles. The molecule has 1 aliphatic heterocycles. The fourth-order valence-electron chi connectivity index (χ4n) is 2.62. The van der Waals surface area contributed by atoms with Crippen LogP contribution in [0.4, 0.5) is 19.0 Å². The summed E-state index contributed by atoms with van der Waals surface area (Å²) in [5.41, 5.74) is -0.994. The number of aromatic nitrogens is 2. The first-order valence-electron chi connectivity index (χ1n) is 7.58. The highest BCUT2D eigenvalue weighted by Gasteiger charge is 2.34. The largest absolute Gasteiger partial charge is 0.416 e. The van der Waals surface area contributed by atoms with Crippen LogP contribution in [0.2, 0.25) is 5.15 Å². The monoisotopic (exact) mass is 406 g/mol. The standard InChI is InChI=1S/C15H14ClF3N4O2S/c16-13-9-20-10-14(21-13)22-4-6-23(7-5-22)26(24,25)12-3-1-2-11(8-12)15(17,18)19/h1-3,8-10H,4-7H2. The SMILES string of the molecule is O=S(=O)(c1cccc(C(F)(F)F)c1)N1CCN(c2cncc(Cl)n2)CC1. The molecule has 2 aromatic rings. The lowest BCUT2D eigenvalue weighted by atomic mass is 10.2. The average molecular weight is 407 g/mol. The Morgan fingerprint density at radius 1 is 1.08 bits per heavy atom. The van der Waals surface area contributed by atoms with E-state index in [0.717, 1.165) is 16.4 Å². The Labute approximate surface area is 153 Å². The number of anilines is 1. The van der Waals surface area contributed by atoms with Gasteiger partial charge in [-0.1, -0.05) is 17.7 Å². The van der Waals surface area contributed by atoms with Gasteiger partial charge in [-0.05, 0) is 18.2 Å². The van der Waals surface area contributed by atoms with Crippen LogP contribution in [0.5, 0.6) is 0 Å². The maximum absolute atomic E-state index is 12.8. The van der Waals surface area contributed by atoms with Crippen molar-refractivity contribution in [2.75, 3.05) is 31.1 Å². The minimum atomic E-state index is -4.60. The summed E-state index contributed by atoms with van der Waals surface area (Å²) in [6.07, 6.45) is -1.70. The number of hydrogen-bond acceptors (Lipinski definition) is 5. The molecule has 0 aliphatic carbocycles. The van der Waals surface area contributed by atoms with Crippen LogP contribution in [0.1, 0.15) is 5.56 Å². The van der Waals surface area contributed by atoms with Gasteiger partial charge in [0.25, 0.3) is 0 Å². The molecule has 26 heavy (non-hydrogen) atoms. The quantitative estimate of drug-likeness (QED) is 0.784. The van der Waals surface area contributed by atoms with Crippen molar-refractivity contribution in [1.29, 1.82) is 0 Å². The number of hydrogen-bond donors (Lipinski definition) is 0. The Bertz CT molecular complexity index is 900. The van der Waals surface area contributed by atoms with Crippen LogP contribution in [0.15, 0.2) is 41.6 Å². The van der Waals surface area contributed by atoms with Gasteiger partial charge in [0.2, 0.25) is 10.0 Å². The van der Waals surface area contributed by atoms with Gasteiger partial charge in [0.15, 0.2) is 0 Å². The lowest BCUT2D eigenvalue weighted by molar-refractivity contribution is -0.137. The molecule has 11 heteroatoms. The van der Waals surface area contributed by atoms with Crippen LogP contribution in [0.25, 0.3) is 0 Å². The van der Waals surface area contributed by atoms with Gasteiger partial charge in [-0.2, -0.15) is 17.5 Å². The molecule has 1 aliphatic rings. The average Bonchev–Trinajstić information content (AvgIpc) is 2.61. The zero-order valence-electron chi connectivity index (χ0n) is 13.3. The van der Waals surface area contributed by atoms with Crippen LogP contribution in [0, 0.1) is 0 Å². The maximum Gasteiger partial charge on any atom is 0.416 e. The molecule has 0 N–H and O–H groups in total. The second-order valence-corrected chi connectivity index (χ2v) is 7.94. The molecule has 0 saturated carbocycles. The highest BCUT2D eigenvalue weighted by atomic mass is 35.5. The summed E-state index contributed by atoms with van der Waals surface area (Å²) in [6.45, 7) is 0.889. The first-order chi connectivity index (χ1) is 12.2. The molecule has 140 valence electrons. The van der Waals surface area contributed by atoms with Gasteiger partial charge in [0.05, 0.1) is 22.9 Å². The third-order valence-corrected chi connectivity index (χ3v) is 6.03. The number of halogens is 4. The molecule has 1 fully saturated rings. The summed E-state index contributed by atoms with van der Waals surface area (Å²) < 4.78 is 65.0. The van der Waals surface area contributed by atoms with Crippen molar-refractivity contribution in [2.24, 2.45) is 0 Å². The third-order valence-electron chi connectivity index (χ3n) is 3.95. The Balaban J connectivity index is 1.76. The summed E-state index contributed by atoms with van der Waals surface area (Å²) in [5, 5.41) is 0.224. The van der Waals surface area contributed by atoms with Crippen molar-refractivity contribution in [3.05, 3.63) is 47.4 Å². The van der Waals surface area contributed by atoms with E-state index in [4.69, 9.17) is 11.6 Å². The van der Waals surface area contributed by atoms with E-state index < -0.39 is 21.8 Å². The lowest BCUT2D eigenvalue weighted by Gasteiger charge is -2.34. The number of sulfonamides is 1. The van der Waals surface area contributed by atoms with Crippen LogP contribution < -0.4 is 4.90 Å². The topological polar surface area (TPSA) is 66.4 Å². The molecule has 3 rings (SSSR count). The minimum Gasteiger partial charge on any atom is -0.353 e. The number of benzene rings is 1. The van der Waals surface area contributed by atoms with Crippen LogP contribution in [0.3, 0.4) is 0 Å². The van der Waals surface area contributed by atoms with E-state index in [1.54, 1.807) is 0 Å². The Morgan fingerprint density at radius 2 is 1.77 bits per heavy atom. The van der Waals surface area contributed by atoms with Gasteiger partial charge in [-0.3, -0.25) is 4.98 Å². The lowest BCUT2D eigenvalue weighted by Crippen LogP contribution is -2.49. The molecule has 2 heterocycles. The molecule has 0 spiro atoms. The Morgan fingerprint density at radius 3 is 2.38 bits per heavy atom. The van der Waals surface area contributed by atoms with Gasteiger partial charge < -0.3 is 4.90 Å². The number of alkyl halides is 3. The molecule has 0 radical (unpaired) electrons. The van der Waals surface area contributed by atoms with Crippen LogP contribution in [-0.4, -0.2) is 48.9 Å². The highest BCUT2D eigenvalue weighted by Crippen LogP contribution is 2.31. The zero-order valence-corrected chi connectivity index (χ0v) is 14.9. The first-order valence-corrected chi connectivity index (χ1v) is 9.39. The van der Waals surface area contributed by atoms with E-state index in [0.29, 0.717) is 25.0 Å². The fraction of sp³-hybridized carbons (Fsp3) is 0.333. The van der Waals surface area contributed by atoms with Crippen LogP contribution >= 0.6 is 11.6 Å². The number of nitrogens with zero attached hydrogens (tertiary/aromatic N) is 4. The van der Waals surface area contributed by atoms with Crippen molar-refractivity contribution in [3.63, 3.8) is 0 Å². The molecule has 1 aromatic carbocycles. The van der Waals surface area contributed by atoms with E-state index in [2.05, 4.69) is 9.97 Å². The summed E-state index contributed by atoms with van der Waals surface area (Å²) in [4.78, 5) is 9.49. The zero-order chi connectivity index (χ0) is 18.9. The fourth-order valence-corrected chi connectivity index (χ4v) is 4.24. The van der Waals surface area contributed by atoms with E-state index in [-0.39, 0.29) is 23.1 Å². The normalized spacial score (nSPS) is 16.7. The summed E-state index contributed by atoms with van der Waals surface area (Å²) >= 11 is 5.80. The molecule has 0 unspecified atom stereocenters. The molecule has 1 saturated heterocycles. The third kappa shape index (κ3) is 3.92. The van der Waals surface area contributed by atoms with Crippen molar-refractivity contribution >= 4 is 27.4 Å². The molecule has 0 atom stereocenters. The van der Waals surface area contributed by atoms with E-state index in [9.17, 15) is 21.6 Å². The molecule has 0 bridgehead atoms. The van der Waals surface area contributed by atoms with Crippen LogP contribution in [-0.2, 0) is 16.2 Å². The van der Waals surface area contributed by atoms with Gasteiger partial charge in [0.1, 0.15) is 11.0 Å². The number of piperazine rings is 1. The van der Waals surface area contributed by atoms with Crippen molar-refractivity contribution in [2.45, 2.75) is 11.1 Å². The highest BCUT2D eigenvalue weighted by molar-refractivity contribution is 7.89. The Kier molecular flexibility index (Phi) is 5.09. The Hall–Kier alpha value is -1.91. The van der Waals surface area contributed by atoms with Crippen molar-refractivity contribution in [1.82, 2.24) is 14.3 Å². The smallest absolute Gasteiger partial charge is 0.353 e. The summed E-state index contributed by atoms with van der Waals surface area (Å²) in [5.74, 6) is 0.522. The first kappa shape index (κ1) is 18.9. The minimum absolute atomic E-state index is 0.118. The van der Waals surface area contributed by atoms with E-state index in [1.165, 1.54) is 18.5 Å².